The molecule has 4 N–H and O–H groups in total. The van der Waals surface area contributed by atoms with Crippen molar-refractivity contribution in [1.82, 2.24) is 10.2 Å². The molecule has 102 valence electrons. The van der Waals surface area contributed by atoms with Crippen molar-refractivity contribution in [3.63, 3.8) is 0 Å². The standard InChI is InChI=1S/C14H15N5O/c1-3-10-12(16)13(19-18-10)14(20)17-11-6-9(7-15)5-4-8(11)2/h4-6H,3,16H2,1-2H3,(H,17,20)(H,18,19). The van der Waals surface area contributed by atoms with Crippen LogP contribution in [0.25, 0.3) is 0 Å². The molecule has 0 fully saturated rings. The quantitative estimate of drug-likeness (QED) is 0.791. The molecule has 0 aliphatic rings. The van der Waals surface area contributed by atoms with Crippen LogP contribution in [0.3, 0.4) is 0 Å². The van der Waals surface area contributed by atoms with Crippen molar-refractivity contribution in [3.8, 4) is 6.07 Å². The maximum atomic E-state index is 12.2. The molecular formula is C14H15N5O. The van der Waals surface area contributed by atoms with E-state index < -0.39 is 5.91 Å². The van der Waals surface area contributed by atoms with Gasteiger partial charge in [0, 0.05) is 5.69 Å². The summed E-state index contributed by atoms with van der Waals surface area (Å²) >= 11 is 0. The fourth-order valence-electron chi connectivity index (χ4n) is 1.84. The van der Waals surface area contributed by atoms with Gasteiger partial charge in [-0.25, -0.2) is 0 Å². The highest BCUT2D eigenvalue weighted by molar-refractivity contribution is 6.06. The van der Waals surface area contributed by atoms with E-state index in [0.29, 0.717) is 23.4 Å². The molecule has 0 bridgehead atoms. The van der Waals surface area contributed by atoms with E-state index >= 15 is 0 Å². The first-order valence-electron chi connectivity index (χ1n) is 6.21. The van der Waals surface area contributed by atoms with Crippen LogP contribution in [0.5, 0.6) is 0 Å². The van der Waals surface area contributed by atoms with E-state index in [-0.39, 0.29) is 5.69 Å². The van der Waals surface area contributed by atoms with Crippen LogP contribution >= 0.6 is 0 Å². The number of nitrogen functional groups attached to an aromatic ring is 1. The van der Waals surface area contributed by atoms with Gasteiger partial charge < -0.3 is 11.1 Å². The van der Waals surface area contributed by atoms with Crippen molar-refractivity contribution in [3.05, 3.63) is 40.7 Å². The van der Waals surface area contributed by atoms with E-state index in [4.69, 9.17) is 11.0 Å². The number of nitrogens with one attached hydrogen (secondary N) is 2. The van der Waals surface area contributed by atoms with Crippen LogP contribution in [0, 0.1) is 18.3 Å². The fourth-order valence-corrected chi connectivity index (χ4v) is 1.84. The molecule has 0 aliphatic carbocycles. The molecule has 1 aromatic heterocycles. The third-order valence-corrected chi connectivity index (χ3v) is 3.07. The summed E-state index contributed by atoms with van der Waals surface area (Å²) in [6.07, 6.45) is 0.676. The number of carbonyl (C=O) groups excluding carboxylic acids is 1. The Kier molecular flexibility index (Phi) is 3.71. The molecule has 20 heavy (non-hydrogen) atoms. The number of carbonyl (C=O) groups is 1. The number of nitrogens with zero attached hydrogens (tertiary/aromatic N) is 2. The lowest BCUT2D eigenvalue weighted by Crippen LogP contribution is -2.15. The summed E-state index contributed by atoms with van der Waals surface area (Å²) in [5.74, 6) is -0.392. The molecule has 2 aromatic rings. The Morgan fingerprint density at radius 1 is 1.55 bits per heavy atom. The van der Waals surface area contributed by atoms with Gasteiger partial charge in [0.05, 0.1) is 23.0 Å². The second-order valence-electron chi connectivity index (χ2n) is 4.41. The molecule has 0 spiro atoms. The lowest BCUT2D eigenvalue weighted by atomic mass is 10.1. The molecule has 0 atom stereocenters. The lowest BCUT2D eigenvalue weighted by molar-refractivity contribution is 0.102. The van der Waals surface area contributed by atoms with Gasteiger partial charge in [-0.2, -0.15) is 10.4 Å². The van der Waals surface area contributed by atoms with E-state index in [1.54, 1.807) is 18.2 Å². The number of anilines is 2. The van der Waals surface area contributed by atoms with Crippen molar-refractivity contribution in [2.45, 2.75) is 20.3 Å². The zero-order chi connectivity index (χ0) is 14.7. The molecule has 1 amide bonds. The maximum Gasteiger partial charge on any atom is 0.278 e. The van der Waals surface area contributed by atoms with Crippen LogP contribution in [0.1, 0.15) is 34.2 Å². The Labute approximate surface area is 116 Å². The average Bonchev–Trinajstić information content (AvgIpc) is 2.82. The normalized spacial score (nSPS) is 10.1. The molecule has 1 heterocycles. The number of nitriles is 1. The SMILES string of the molecule is CCc1[nH]nc(C(=O)Nc2cc(C#N)ccc2C)c1N. The predicted octanol–water partition coefficient (Wildman–Crippen LogP) is 1.99. The summed E-state index contributed by atoms with van der Waals surface area (Å²) in [4.78, 5) is 12.2. The molecule has 0 unspecified atom stereocenters. The Balaban J connectivity index is 2.28. The van der Waals surface area contributed by atoms with Gasteiger partial charge in [-0.05, 0) is 31.0 Å². The number of hydrogen-bond acceptors (Lipinski definition) is 4. The number of nitrogens with two attached hydrogens (primary N) is 1. The number of aromatic nitrogens is 2. The van der Waals surface area contributed by atoms with Gasteiger partial charge in [-0.1, -0.05) is 13.0 Å². The molecular weight excluding hydrogens is 254 g/mol. The lowest BCUT2D eigenvalue weighted by Gasteiger charge is -2.07. The van der Waals surface area contributed by atoms with Crippen LogP contribution in [-0.2, 0) is 6.42 Å². The van der Waals surface area contributed by atoms with Crippen LogP contribution in [0.15, 0.2) is 18.2 Å². The van der Waals surface area contributed by atoms with Crippen molar-refractivity contribution >= 4 is 17.3 Å². The molecule has 1 aromatic carbocycles. The number of rotatable bonds is 3. The highest BCUT2D eigenvalue weighted by atomic mass is 16.2. The fraction of sp³-hybridized carbons (Fsp3) is 0.214. The highest BCUT2D eigenvalue weighted by Crippen LogP contribution is 2.20. The third-order valence-electron chi connectivity index (χ3n) is 3.07. The molecule has 0 saturated carbocycles. The first kappa shape index (κ1) is 13.6. The van der Waals surface area contributed by atoms with Gasteiger partial charge in [0.2, 0.25) is 0 Å². The Morgan fingerprint density at radius 3 is 2.90 bits per heavy atom. The summed E-state index contributed by atoms with van der Waals surface area (Å²) in [5, 5.41) is 18.3. The van der Waals surface area contributed by atoms with E-state index in [1.165, 1.54) is 0 Å². The zero-order valence-corrected chi connectivity index (χ0v) is 11.3. The zero-order valence-electron chi connectivity index (χ0n) is 11.3. The van der Waals surface area contributed by atoms with Crippen molar-refractivity contribution < 1.29 is 4.79 Å². The van der Waals surface area contributed by atoms with Crippen LogP contribution in [0.2, 0.25) is 0 Å². The minimum Gasteiger partial charge on any atom is -0.395 e. The van der Waals surface area contributed by atoms with Crippen LogP contribution in [-0.4, -0.2) is 16.1 Å². The summed E-state index contributed by atoms with van der Waals surface area (Å²) < 4.78 is 0. The highest BCUT2D eigenvalue weighted by Gasteiger charge is 2.17. The number of H-pyrrole nitrogens is 1. The van der Waals surface area contributed by atoms with Gasteiger partial charge >= 0.3 is 0 Å². The van der Waals surface area contributed by atoms with Gasteiger partial charge in [-0.3, -0.25) is 9.89 Å². The largest absolute Gasteiger partial charge is 0.395 e. The van der Waals surface area contributed by atoms with E-state index in [9.17, 15) is 4.79 Å². The average molecular weight is 269 g/mol. The van der Waals surface area contributed by atoms with Crippen LogP contribution in [0.4, 0.5) is 11.4 Å². The molecule has 0 radical (unpaired) electrons. The van der Waals surface area contributed by atoms with Crippen molar-refractivity contribution in [2.24, 2.45) is 0 Å². The number of hydrogen-bond donors (Lipinski definition) is 3. The number of amides is 1. The molecule has 6 heteroatoms. The third kappa shape index (κ3) is 2.47. The van der Waals surface area contributed by atoms with Gasteiger partial charge in [0.25, 0.3) is 5.91 Å². The Hall–Kier alpha value is -2.81. The molecule has 0 aliphatic heterocycles. The Bertz CT molecular complexity index is 696. The van der Waals surface area contributed by atoms with E-state index in [1.807, 2.05) is 19.9 Å². The van der Waals surface area contributed by atoms with Gasteiger partial charge in [0.1, 0.15) is 0 Å². The van der Waals surface area contributed by atoms with Gasteiger partial charge in [0.15, 0.2) is 5.69 Å². The van der Waals surface area contributed by atoms with Crippen molar-refractivity contribution in [2.75, 3.05) is 11.1 Å². The smallest absolute Gasteiger partial charge is 0.278 e. The minimum atomic E-state index is -0.392. The van der Waals surface area contributed by atoms with Crippen LogP contribution < -0.4 is 11.1 Å². The summed E-state index contributed by atoms with van der Waals surface area (Å²) in [5.41, 5.74) is 9.04. The number of aromatic amines is 1. The summed E-state index contributed by atoms with van der Waals surface area (Å²) in [6.45, 7) is 3.77. The molecule has 2 rings (SSSR count). The van der Waals surface area contributed by atoms with Crippen molar-refractivity contribution in [1.29, 1.82) is 5.26 Å². The van der Waals surface area contributed by atoms with E-state index in [0.717, 1.165) is 11.3 Å². The second kappa shape index (κ2) is 5.45. The summed E-state index contributed by atoms with van der Waals surface area (Å²) in [7, 11) is 0. The first-order valence-corrected chi connectivity index (χ1v) is 6.21. The second-order valence-corrected chi connectivity index (χ2v) is 4.41. The number of benzene rings is 1. The summed E-state index contributed by atoms with van der Waals surface area (Å²) in [6, 6.07) is 7.13. The monoisotopic (exact) mass is 269 g/mol. The Morgan fingerprint density at radius 2 is 2.30 bits per heavy atom. The first-order chi connectivity index (χ1) is 9.56. The van der Waals surface area contributed by atoms with E-state index in [2.05, 4.69) is 15.5 Å². The maximum absolute atomic E-state index is 12.2. The molecule has 6 nitrogen and oxygen atoms in total. The predicted molar refractivity (Wildman–Crippen MR) is 76.2 cm³/mol. The minimum absolute atomic E-state index is 0.170. The number of aryl methyl sites for hydroxylation is 2. The van der Waals surface area contributed by atoms with Gasteiger partial charge in [-0.15, -0.1) is 0 Å². The topological polar surface area (TPSA) is 108 Å². The molecule has 0 saturated heterocycles.